The fourth-order valence-electron chi connectivity index (χ4n) is 1.38. The maximum absolute atomic E-state index is 11.8. The third-order valence-electron chi connectivity index (χ3n) is 2.49. The zero-order valence-corrected chi connectivity index (χ0v) is 10.3. The van der Waals surface area contributed by atoms with E-state index >= 15 is 0 Å². The molecule has 0 aliphatic heterocycles. The van der Waals surface area contributed by atoms with E-state index in [2.05, 4.69) is 0 Å². The van der Waals surface area contributed by atoms with Gasteiger partial charge in [-0.25, -0.2) is 0 Å². The third-order valence-corrected chi connectivity index (χ3v) is 2.49. The number of carbonyl (C=O) groups is 2. The number of amides is 1. The van der Waals surface area contributed by atoms with Crippen LogP contribution in [0.25, 0.3) is 0 Å². The topological polar surface area (TPSA) is 72.2 Å². The van der Waals surface area contributed by atoms with Crippen molar-refractivity contribution in [3.05, 3.63) is 0 Å². The summed E-state index contributed by atoms with van der Waals surface area (Å²) in [5.41, 5.74) is 5.70. The van der Waals surface area contributed by atoms with Gasteiger partial charge in [0.15, 0.2) is 1.41 Å². The summed E-state index contributed by atoms with van der Waals surface area (Å²) in [4.78, 5) is 22.6. The summed E-state index contributed by atoms with van der Waals surface area (Å²) in [5, 5.41) is 0.753. The molecule has 4 nitrogen and oxygen atoms in total. The number of nitrogens with one attached hydrogen (secondary N) is 1. The molecule has 0 unspecified atom stereocenters. The van der Waals surface area contributed by atoms with Crippen LogP contribution in [0.15, 0.2) is 0 Å². The Labute approximate surface area is 99.4 Å². The molecule has 0 rings (SSSR count). The lowest BCUT2D eigenvalue weighted by Crippen LogP contribution is -2.46. The molecule has 4 heteroatoms. The number of nitrogens with two attached hydrogens (primary N) is 1. The van der Waals surface area contributed by atoms with Crippen LogP contribution in [0.4, 0.5) is 0 Å². The Hall–Kier alpha value is -0.900. The van der Waals surface area contributed by atoms with Crippen molar-refractivity contribution in [2.75, 3.05) is 0 Å². The van der Waals surface area contributed by atoms with Crippen LogP contribution in [0.2, 0.25) is 1.41 Å². The number of carbonyl (C=O) groups excluding carboxylic acids is 2. The standard InChI is InChI=1S/C12H24N2O2/c1-3-5-7-10(9-15)14-12(16)11(13)8-6-4-2/h9-11H,3-8,13H2,1-2H3,(H,14,16)/t10-,11+/m1/s1/i/hD. The largest absolute Gasteiger partial charge is 0.345 e. The molecule has 0 aromatic carbocycles. The second kappa shape index (κ2) is 9.33. The van der Waals surface area contributed by atoms with E-state index in [0.29, 0.717) is 19.1 Å². The first-order chi connectivity index (χ1) is 8.08. The molecule has 1 amide bonds. The van der Waals surface area contributed by atoms with E-state index in [1.54, 1.807) is 0 Å². The predicted octanol–water partition coefficient (Wildman–Crippen LogP) is 1.38. The lowest BCUT2D eigenvalue weighted by atomic mass is 10.1. The predicted molar refractivity (Wildman–Crippen MR) is 65.0 cm³/mol. The first-order valence-corrected chi connectivity index (χ1v) is 6.11. The van der Waals surface area contributed by atoms with Crippen molar-refractivity contribution < 1.29 is 11.0 Å². The van der Waals surface area contributed by atoms with Crippen LogP contribution in [-0.4, -0.2) is 24.3 Å². The summed E-state index contributed by atoms with van der Waals surface area (Å²) in [6.07, 6.45) is 5.37. The second-order valence-corrected chi connectivity index (χ2v) is 4.06. The molecule has 0 aliphatic rings. The molecule has 0 radical (unpaired) electrons. The molecule has 0 saturated carbocycles. The zero-order chi connectivity index (χ0) is 13.3. The van der Waals surface area contributed by atoms with Gasteiger partial charge in [-0.05, 0) is 12.8 Å². The van der Waals surface area contributed by atoms with Crippen LogP contribution < -0.4 is 11.0 Å². The molecule has 0 aliphatic carbocycles. The van der Waals surface area contributed by atoms with E-state index in [0.717, 1.165) is 31.0 Å². The van der Waals surface area contributed by atoms with Gasteiger partial charge >= 0.3 is 0 Å². The highest BCUT2D eigenvalue weighted by Crippen LogP contribution is 2.01. The maximum atomic E-state index is 11.8. The molecule has 0 saturated heterocycles. The average molecular weight is 229 g/mol. The Morgan fingerprint density at radius 2 is 1.94 bits per heavy atom. The average Bonchev–Trinajstić information content (AvgIpc) is 2.35. The van der Waals surface area contributed by atoms with Crippen LogP contribution in [0.1, 0.15) is 52.4 Å². The van der Waals surface area contributed by atoms with E-state index in [-0.39, 0.29) is 0 Å². The minimum Gasteiger partial charge on any atom is -0.345 e. The van der Waals surface area contributed by atoms with E-state index < -0.39 is 18.0 Å². The molecular weight excluding hydrogens is 204 g/mol. The molecule has 0 heterocycles. The van der Waals surface area contributed by atoms with Gasteiger partial charge in [-0.3, -0.25) is 4.79 Å². The monoisotopic (exact) mass is 229 g/mol. The van der Waals surface area contributed by atoms with Gasteiger partial charge in [-0.1, -0.05) is 39.5 Å². The van der Waals surface area contributed by atoms with Crippen LogP contribution in [0, 0.1) is 0 Å². The van der Waals surface area contributed by atoms with Gasteiger partial charge in [0, 0.05) is 0 Å². The van der Waals surface area contributed by atoms with Crippen molar-refractivity contribution in [2.45, 2.75) is 64.5 Å². The number of aldehydes is 1. The molecule has 16 heavy (non-hydrogen) atoms. The fraction of sp³-hybridized carbons (Fsp3) is 0.833. The summed E-state index contributed by atoms with van der Waals surface area (Å²) in [5.74, 6) is -0.452. The van der Waals surface area contributed by atoms with E-state index in [4.69, 9.17) is 7.15 Å². The molecule has 0 aromatic heterocycles. The van der Waals surface area contributed by atoms with Crippen molar-refractivity contribution in [3.63, 3.8) is 0 Å². The number of rotatable bonds is 9. The van der Waals surface area contributed by atoms with Crippen LogP contribution >= 0.6 is 0 Å². The molecule has 0 aromatic rings. The molecule has 3 N–H and O–H groups in total. The van der Waals surface area contributed by atoms with Crippen LogP contribution in [0.3, 0.4) is 0 Å². The normalized spacial score (nSPS) is 15.1. The lowest BCUT2D eigenvalue weighted by Gasteiger charge is -2.16. The minimum absolute atomic E-state index is 0.452. The highest BCUT2D eigenvalue weighted by Gasteiger charge is 2.16. The minimum atomic E-state index is -0.657. The molecule has 0 fully saturated rings. The molecule has 0 spiro atoms. The van der Waals surface area contributed by atoms with Crippen molar-refractivity contribution in [1.82, 2.24) is 5.31 Å². The lowest BCUT2D eigenvalue weighted by molar-refractivity contribution is -0.125. The summed E-state index contributed by atoms with van der Waals surface area (Å²) >= 11 is 0. The van der Waals surface area contributed by atoms with Crippen molar-refractivity contribution in [3.8, 4) is 0 Å². The van der Waals surface area contributed by atoms with E-state index in [9.17, 15) is 9.59 Å². The first kappa shape index (κ1) is 13.2. The molecule has 2 atom stereocenters. The van der Waals surface area contributed by atoms with Crippen molar-refractivity contribution in [1.29, 1.82) is 0 Å². The van der Waals surface area contributed by atoms with Gasteiger partial charge in [0.05, 0.1) is 12.1 Å². The SMILES string of the molecule is [2H]N(C(=O)[C@@H](N)CCCC)[C@@H](C=O)CCCC. The van der Waals surface area contributed by atoms with Gasteiger partial charge in [0.25, 0.3) is 0 Å². The Kier molecular flexibility index (Phi) is 7.68. The molecule has 0 bridgehead atoms. The second-order valence-electron chi connectivity index (χ2n) is 4.06. The smallest absolute Gasteiger partial charge is 0.237 e. The fourth-order valence-corrected chi connectivity index (χ4v) is 1.38. The highest BCUT2D eigenvalue weighted by atomic mass is 16.2. The summed E-state index contributed by atoms with van der Waals surface area (Å²) < 4.78 is 7.65. The number of unbranched alkanes of at least 4 members (excludes halogenated alkanes) is 2. The number of hydrogen-bond acceptors (Lipinski definition) is 3. The Morgan fingerprint density at radius 3 is 2.44 bits per heavy atom. The Balaban J connectivity index is 4.28. The zero-order valence-electron chi connectivity index (χ0n) is 11.3. The van der Waals surface area contributed by atoms with Crippen LogP contribution in [-0.2, 0) is 9.59 Å². The van der Waals surface area contributed by atoms with E-state index in [1.807, 2.05) is 13.8 Å². The van der Waals surface area contributed by atoms with Gasteiger partial charge < -0.3 is 15.8 Å². The Bertz CT molecular complexity index is 237. The number of hydrogen-bond donors (Lipinski definition) is 2. The summed E-state index contributed by atoms with van der Waals surface area (Å²) in [6.45, 7) is 4.02. The first-order valence-electron chi connectivity index (χ1n) is 6.55. The van der Waals surface area contributed by atoms with Gasteiger partial charge in [0.1, 0.15) is 6.29 Å². The van der Waals surface area contributed by atoms with Gasteiger partial charge in [0.2, 0.25) is 5.91 Å². The van der Waals surface area contributed by atoms with Crippen molar-refractivity contribution >= 4 is 12.2 Å². The van der Waals surface area contributed by atoms with Gasteiger partial charge in [-0.2, -0.15) is 0 Å². The van der Waals surface area contributed by atoms with E-state index in [1.165, 1.54) is 0 Å². The Morgan fingerprint density at radius 1 is 1.38 bits per heavy atom. The summed E-state index contributed by atoms with van der Waals surface area (Å²) in [7, 11) is 0. The third kappa shape index (κ3) is 6.56. The highest BCUT2D eigenvalue weighted by molar-refractivity contribution is 5.84. The van der Waals surface area contributed by atoms with Gasteiger partial charge in [-0.15, -0.1) is 0 Å². The summed E-state index contributed by atoms with van der Waals surface area (Å²) in [6, 6.07) is -1.31. The van der Waals surface area contributed by atoms with Crippen molar-refractivity contribution in [2.24, 2.45) is 5.73 Å². The molecular formula is C12H24N2O2. The van der Waals surface area contributed by atoms with Crippen LogP contribution in [0.5, 0.6) is 0 Å². The molecule has 94 valence electrons. The quantitative estimate of drug-likeness (QED) is 0.587. The maximum Gasteiger partial charge on any atom is 0.237 e.